The number of benzene rings is 1. The number of methoxy groups -OCH3 is 1. The molecule has 1 aromatic heterocycles. The number of ether oxygens (including phenoxy) is 1. The highest BCUT2D eigenvalue weighted by Crippen LogP contribution is 2.30. The Morgan fingerprint density at radius 3 is 2.68 bits per heavy atom. The summed E-state index contributed by atoms with van der Waals surface area (Å²) in [5.74, 6) is 1.30. The van der Waals surface area contributed by atoms with Crippen molar-refractivity contribution in [3.8, 4) is 5.75 Å². The van der Waals surface area contributed by atoms with Crippen LogP contribution in [-0.2, 0) is 4.79 Å². The van der Waals surface area contributed by atoms with E-state index in [1.807, 2.05) is 36.4 Å². The lowest BCUT2D eigenvalue weighted by Gasteiger charge is -2.35. The van der Waals surface area contributed by atoms with Gasteiger partial charge in [-0.25, -0.2) is 0 Å². The molecule has 2 aromatic rings. The summed E-state index contributed by atoms with van der Waals surface area (Å²) in [5.41, 5.74) is 2.05. The van der Waals surface area contributed by atoms with Gasteiger partial charge >= 0.3 is 0 Å². The van der Waals surface area contributed by atoms with Crippen LogP contribution in [0.15, 0.2) is 54.7 Å². The second-order valence-electron chi connectivity index (χ2n) is 7.22. The molecule has 5 nitrogen and oxygen atoms in total. The number of pyridine rings is 1. The molecular formula is C23H29N3O2. The number of nitrogens with zero attached hydrogens (tertiary/aromatic N) is 2. The van der Waals surface area contributed by atoms with Crippen molar-refractivity contribution in [2.45, 2.75) is 25.8 Å². The van der Waals surface area contributed by atoms with Gasteiger partial charge in [-0.15, -0.1) is 0 Å². The Morgan fingerprint density at radius 2 is 2.00 bits per heavy atom. The van der Waals surface area contributed by atoms with Crippen molar-refractivity contribution in [1.29, 1.82) is 0 Å². The third-order valence-electron chi connectivity index (χ3n) is 5.27. The van der Waals surface area contributed by atoms with Crippen molar-refractivity contribution in [3.63, 3.8) is 0 Å². The van der Waals surface area contributed by atoms with E-state index < -0.39 is 0 Å². The number of rotatable bonds is 7. The molecule has 1 aliphatic heterocycles. The minimum Gasteiger partial charge on any atom is -0.496 e. The molecule has 148 valence electrons. The van der Waals surface area contributed by atoms with E-state index in [2.05, 4.69) is 33.4 Å². The molecular weight excluding hydrogens is 350 g/mol. The molecule has 0 saturated carbocycles. The first-order chi connectivity index (χ1) is 13.7. The van der Waals surface area contributed by atoms with Crippen LogP contribution in [0, 0.1) is 5.92 Å². The van der Waals surface area contributed by atoms with E-state index in [-0.39, 0.29) is 11.9 Å². The maximum Gasteiger partial charge on any atom is 0.217 e. The monoisotopic (exact) mass is 379 g/mol. The van der Waals surface area contributed by atoms with Crippen LogP contribution in [0.25, 0.3) is 6.08 Å². The summed E-state index contributed by atoms with van der Waals surface area (Å²) in [4.78, 5) is 18.6. The molecule has 1 fully saturated rings. The highest BCUT2D eigenvalue weighted by molar-refractivity contribution is 5.73. The highest BCUT2D eigenvalue weighted by atomic mass is 16.5. The molecule has 0 radical (unpaired) electrons. The molecule has 0 spiro atoms. The summed E-state index contributed by atoms with van der Waals surface area (Å²) >= 11 is 0. The summed E-state index contributed by atoms with van der Waals surface area (Å²) < 4.78 is 5.40. The second kappa shape index (κ2) is 10.0. The van der Waals surface area contributed by atoms with Gasteiger partial charge in [0.05, 0.1) is 18.8 Å². The normalized spacial score (nSPS) is 16.8. The molecule has 0 bridgehead atoms. The van der Waals surface area contributed by atoms with Crippen LogP contribution in [-0.4, -0.2) is 42.5 Å². The lowest BCUT2D eigenvalue weighted by Crippen LogP contribution is -2.40. The molecule has 5 heteroatoms. The van der Waals surface area contributed by atoms with E-state index in [1.54, 1.807) is 20.2 Å². The van der Waals surface area contributed by atoms with Crippen molar-refractivity contribution < 1.29 is 9.53 Å². The molecule has 1 saturated heterocycles. The number of para-hydroxylation sites is 1. The zero-order valence-electron chi connectivity index (χ0n) is 16.7. The van der Waals surface area contributed by atoms with E-state index >= 15 is 0 Å². The topological polar surface area (TPSA) is 54.5 Å². The van der Waals surface area contributed by atoms with Gasteiger partial charge in [0, 0.05) is 25.2 Å². The largest absolute Gasteiger partial charge is 0.496 e. The van der Waals surface area contributed by atoms with Gasteiger partial charge in [-0.2, -0.15) is 0 Å². The smallest absolute Gasteiger partial charge is 0.217 e. The van der Waals surface area contributed by atoms with E-state index in [4.69, 9.17) is 4.74 Å². The van der Waals surface area contributed by atoms with Crippen molar-refractivity contribution in [2.75, 3.05) is 26.7 Å². The molecule has 0 unspecified atom stereocenters. The van der Waals surface area contributed by atoms with Gasteiger partial charge in [-0.3, -0.25) is 14.7 Å². The molecule has 3 rings (SSSR count). The van der Waals surface area contributed by atoms with Crippen LogP contribution in [0.3, 0.4) is 0 Å². The number of carbonyl (C=O) groups excluding carboxylic acids is 1. The molecule has 1 atom stereocenters. The summed E-state index contributed by atoms with van der Waals surface area (Å²) in [6.45, 7) is 4.53. The molecule has 2 heterocycles. The summed E-state index contributed by atoms with van der Waals surface area (Å²) in [6, 6.07) is 13.9. The Hall–Kier alpha value is -2.66. The number of hydrogen-bond donors (Lipinski definition) is 1. The van der Waals surface area contributed by atoms with Gasteiger partial charge in [0.2, 0.25) is 5.91 Å². The third-order valence-corrected chi connectivity index (χ3v) is 5.27. The fourth-order valence-corrected chi connectivity index (χ4v) is 3.81. The van der Waals surface area contributed by atoms with Crippen LogP contribution in [0.1, 0.15) is 37.1 Å². The van der Waals surface area contributed by atoms with Crippen molar-refractivity contribution in [1.82, 2.24) is 15.2 Å². The molecule has 1 aromatic carbocycles. The van der Waals surface area contributed by atoms with E-state index in [9.17, 15) is 4.79 Å². The van der Waals surface area contributed by atoms with E-state index in [0.29, 0.717) is 5.92 Å². The Bertz CT molecular complexity index is 783. The molecule has 0 aliphatic carbocycles. The van der Waals surface area contributed by atoms with Crippen LogP contribution in [0.2, 0.25) is 0 Å². The van der Waals surface area contributed by atoms with Gasteiger partial charge in [0.1, 0.15) is 5.75 Å². The minimum atomic E-state index is -0.00929. The second-order valence-corrected chi connectivity index (χ2v) is 7.22. The van der Waals surface area contributed by atoms with Crippen molar-refractivity contribution in [3.05, 3.63) is 66.0 Å². The average molecular weight is 380 g/mol. The fraction of sp³-hybridized carbons (Fsp3) is 0.391. The summed E-state index contributed by atoms with van der Waals surface area (Å²) in [6.07, 6.45) is 8.21. The lowest BCUT2D eigenvalue weighted by molar-refractivity contribution is -0.120. The molecule has 28 heavy (non-hydrogen) atoms. The molecule has 1 aliphatic rings. The Labute approximate surface area is 167 Å². The first-order valence-corrected chi connectivity index (χ1v) is 9.87. The van der Waals surface area contributed by atoms with E-state index in [0.717, 1.165) is 49.5 Å². The van der Waals surface area contributed by atoms with Crippen molar-refractivity contribution in [2.24, 2.45) is 5.92 Å². The third kappa shape index (κ3) is 5.42. The maximum absolute atomic E-state index is 11.7. The zero-order chi connectivity index (χ0) is 19.8. The summed E-state index contributed by atoms with van der Waals surface area (Å²) in [5, 5.41) is 3.11. The first-order valence-electron chi connectivity index (χ1n) is 9.87. The fourth-order valence-electron chi connectivity index (χ4n) is 3.81. The van der Waals surface area contributed by atoms with E-state index in [1.165, 1.54) is 0 Å². The Morgan fingerprint density at radius 1 is 1.25 bits per heavy atom. The SMILES string of the molecule is COc1ccccc1/C=C/CN1CCC([C@H](NC(C)=O)c2ccccn2)CC1. The van der Waals surface area contributed by atoms with Gasteiger partial charge in [0.25, 0.3) is 0 Å². The number of nitrogens with one attached hydrogen (secondary N) is 1. The van der Waals surface area contributed by atoms with Crippen LogP contribution in [0.4, 0.5) is 0 Å². The average Bonchev–Trinajstić information content (AvgIpc) is 2.73. The number of amides is 1. The minimum absolute atomic E-state index is 0.00201. The van der Waals surface area contributed by atoms with Crippen LogP contribution in [0.5, 0.6) is 5.75 Å². The first kappa shape index (κ1) is 20.1. The van der Waals surface area contributed by atoms with Gasteiger partial charge in [0.15, 0.2) is 0 Å². The number of likely N-dealkylation sites (tertiary alicyclic amines) is 1. The number of hydrogen-bond acceptors (Lipinski definition) is 4. The lowest BCUT2D eigenvalue weighted by atomic mass is 9.87. The number of carbonyl (C=O) groups is 1. The molecule has 1 amide bonds. The predicted molar refractivity (Wildman–Crippen MR) is 112 cm³/mol. The number of aromatic nitrogens is 1. The summed E-state index contributed by atoms with van der Waals surface area (Å²) in [7, 11) is 1.70. The Kier molecular flexibility index (Phi) is 7.20. The predicted octanol–water partition coefficient (Wildman–Crippen LogP) is 3.69. The Balaban J connectivity index is 1.55. The van der Waals surface area contributed by atoms with Crippen LogP contribution >= 0.6 is 0 Å². The van der Waals surface area contributed by atoms with Crippen molar-refractivity contribution >= 4 is 12.0 Å². The maximum atomic E-state index is 11.7. The van der Waals surface area contributed by atoms with Gasteiger partial charge in [-0.1, -0.05) is 36.4 Å². The molecule has 1 N–H and O–H groups in total. The number of piperidine rings is 1. The van der Waals surface area contributed by atoms with Gasteiger partial charge in [-0.05, 0) is 50.0 Å². The standard InChI is InChI=1S/C23H29N3O2/c1-18(27)25-23(21-10-5-6-14-24-21)20-12-16-26(17-13-20)15-7-9-19-8-3-4-11-22(19)28-2/h3-11,14,20,23H,12-13,15-17H2,1-2H3,(H,25,27)/b9-7+/t23-/m0/s1. The van der Waals surface area contributed by atoms with Crippen LogP contribution < -0.4 is 10.1 Å². The van der Waals surface area contributed by atoms with Gasteiger partial charge < -0.3 is 10.1 Å². The zero-order valence-corrected chi connectivity index (χ0v) is 16.7. The highest BCUT2D eigenvalue weighted by Gasteiger charge is 2.28. The quantitative estimate of drug-likeness (QED) is 0.797.